The lowest BCUT2D eigenvalue weighted by Crippen LogP contribution is -2.52. The van der Waals surface area contributed by atoms with Gasteiger partial charge in [0.25, 0.3) is 0 Å². The molecule has 1 heterocycles. The third-order valence-electron chi connectivity index (χ3n) is 5.56. The Bertz CT molecular complexity index is 1530. The van der Waals surface area contributed by atoms with E-state index >= 15 is 0 Å². The van der Waals surface area contributed by atoms with E-state index in [1.807, 2.05) is 0 Å². The van der Waals surface area contributed by atoms with Crippen LogP contribution < -0.4 is 21.1 Å². The van der Waals surface area contributed by atoms with Crippen LogP contribution in [0.4, 0.5) is 30.7 Å². The number of ether oxygens (including phenoxy) is 1. The standard InChI is InChI=1S/C21H21FN4O7S.2C2HF3O2/c22-12-7-10(17(23)24)1-3-14(12)33-19(31)15-4-2-11(34-15)9-25-21(5-6-21)20(32)26-13(18(29)30)8-16(27)28;2*3-2(4,5)1(6)7/h1-4,7,13,25H,5-6,8-9H2,(H3,23,24)(H,26,32)(H,27,28)(H,29,30);2*(H,6,7)/t13-;;/m0../s1. The van der Waals surface area contributed by atoms with E-state index in [0.29, 0.717) is 17.7 Å². The van der Waals surface area contributed by atoms with E-state index in [9.17, 15) is 49.9 Å². The number of nitrogens with one attached hydrogen (secondary N) is 3. The fourth-order valence-corrected chi connectivity index (χ4v) is 3.84. The van der Waals surface area contributed by atoms with Crippen molar-refractivity contribution in [2.75, 3.05) is 0 Å². The number of benzene rings is 1. The number of hydrogen-bond donors (Lipinski definition) is 8. The first-order chi connectivity index (χ1) is 21.9. The SMILES string of the molecule is N=C(N)c1ccc(OC(=O)c2ccc(CNC3(C(=O)N[C@@H](CC(=O)O)C(=O)O)CC3)s2)c(F)c1.O=C(O)C(F)(F)F.O=C(O)C(F)(F)F. The van der Waals surface area contributed by atoms with Gasteiger partial charge in [-0.25, -0.2) is 23.6 Å². The van der Waals surface area contributed by atoms with Gasteiger partial charge in [-0.1, -0.05) is 0 Å². The number of halogens is 7. The van der Waals surface area contributed by atoms with Crippen LogP contribution in [0.5, 0.6) is 5.75 Å². The van der Waals surface area contributed by atoms with Gasteiger partial charge in [0.2, 0.25) is 5.91 Å². The second-order valence-electron chi connectivity index (χ2n) is 9.22. The summed E-state index contributed by atoms with van der Waals surface area (Å²) in [6.07, 6.45) is -10.0. The first kappa shape index (κ1) is 40.7. The van der Waals surface area contributed by atoms with Crippen molar-refractivity contribution in [2.45, 2.75) is 49.7 Å². The number of hydrogen-bond acceptors (Lipinski definition) is 10. The zero-order chi connectivity index (χ0) is 37.2. The maximum Gasteiger partial charge on any atom is 0.490 e. The molecule has 1 amide bonds. The summed E-state index contributed by atoms with van der Waals surface area (Å²) >= 11 is 1.06. The van der Waals surface area contributed by atoms with Crippen LogP contribution in [0.15, 0.2) is 30.3 Å². The first-order valence-electron chi connectivity index (χ1n) is 12.4. The maximum atomic E-state index is 14.1. The van der Waals surface area contributed by atoms with Gasteiger partial charge in [-0.05, 0) is 43.2 Å². The number of carbonyl (C=O) groups is 6. The molecule has 9 N–H and O–H groups in total. The number of amidine groups is 1. The largest absolute Gasteiger partial charge is 0.490 e. The van der Waals surface area contributed by atoms with Gasteiger partial charge in [-0.3, -0.25) is 20.3 Å². The molecule has 1 atom stereocenters. The highest BCUT2D eigenvalue weighted by molar-refractivity contribution is 7.13. The quantitative estimate of drug-likeness (QED) is 0.0545. The van der Waals surface area contributed by atoms with Crippen LogP contribution in [0.2, 0.25) is 0 Å². The molecule has 1 aromatic heterocycles. The Kier molecular flexibility index (Phi) is 14.0. The number of nitrogen functional groups attached to an aromatic ring is 1. The number of carboxylic acids is 4. The van der Waals surface area contributed by atoms with Gasteiger partial charge < -0.3 is 36.2 Å². The number of thiophene rings is 1. The molecule has 15 nitrogen and oxygen atoms in total. The van der Waals surface area contributed by atoms with Crippen LogP contribution in [-0.2, 0) is 30.5 Å². The number of esters is 1. The first-order valence-corrected chi connectivity index (χ1v) is 13.3. The summed E-state index contributed by atoms with van der Waals surface area (Å²) < 4.78 is 82.6. The number of aliphatic carboxylic acids is 4. The number of amides is 1. The molecule has 1 aliphatic carbocycles. The van der Waals surface area contributed by atoms with E-state index in [0.717, 1.165) is 17.4 Å². The van der Waals surface area contributed by atoms with Crippen molar-refractivity contribution in [1.29, 1.82) is 5.41 Å². The summed E-state index contributed by atoms with van der Waals surface area (Å²) in [7, 11) is 0. The van der Waals surface area contributed by atoms with Crippen LogP contribution >= 0.6 is 11.3 Å². The van der Waals surface area contributed by atoms with Crippen molar-refractivity contribution >= 4 is 52.9 Å². The molecule has 0 saturated heterocycles. The maximum absolute atomic E-state index is 14.1. The lowest BCUT2D eigenvalue weighted by Gasteiger charge is -2.19. The predicted molar refractivity (Wildman–Crippen MR) is 145 cm³/mol. The topological polar surface area (TPSA) is 266 Å². The number of rotatable bonds is 11. The summed E-state index contributed by atoms with van der Waals surface area (Å²) in [6, 6.07) is 5.10. The zero-order valence-corrected chi connectivity index (χ0v) is 24.4. The van der Waals surface area contributed by atoms with Gasteiger partial charge in [-0.15, -0.1) is 11.3 Å². The Labute approximate surface area is 266 Å². The summed E-state index contributed by atoms with van der Waals surface area (Å²) in [5, 5.41) is 44.7. The Morgan fingerprint density at radius 2 is 1.46 bits per heavy atom. The minimum atomic E-state index is -5.08. The van der Waals surface area contributed by atoms with Crippen molar-refractivity contribution in [3.63, 3.8) is 0 Å². The Morgan fingerprint density at radius 1 is 0.938 bits per heavy atom. The number of nitrogens with two attached hydrogens (primary N) is 1. The van der Waals surface area contributed by atoms with Crippen molar-refractivity contribution in [2.24, 2.45) is 5.73 Å². The number of carboxylic acid groups (broad SMARTS) is 4. The smallest absolute Gasteiger partial charge is 0.481 e. The minimum Gasteiger partial charge on any atom is -0.481 e. The highest BCUT2D eigenvalue weighted by Gasteiger charge is 2.50. The highest BCUT2D eigenvalue weighted by Crippen LogP contribution is 2.36. The molecule has 23 heteroatoms. The van der Waals surface area contributed by atoms with E-state index < -0.39 is 71.9 Å². The third kappa shape index (κ3) is 13.2. The zero-order valence-electron chi connectivity index (χ0n) is 23.6. The van der Waals surface area contributed by atoms with Crippen molar-refractivity contribution < 1.29 is 84.7 Å². The molecule has 1 fully saturated rings. The van der Waals surface area contributed by atoms with E-state index in [1.165, 1.54) is 18.2 Å². The normalized spacial score (nSPS) is 13.6. The summed E-state index contributed by atoms with van der Waals surface area (Å²) in [5.41, 5.74) is 4.43. The van der Waals surface area contributed by atoms with Gasteiger partial charge in [0.1, 0.15) is 16.8 Å². The summed E-state index contributed by atoms with van der Waals surface area (Å²) in [4.78, 5) is 65.5. The van der Waals surface area contributed by atoms with Crippen LogP contribution in [0.25, 0.3) is 0 Å². The van der Waals surface area contributed by atoms with Crippen molar-refractivity contribution in [3.05, 3.63) is 51.5 Å². The Hall–Kier alpha value is -5.32. The lowest BCUT2D eigenvalue weighted by atomic mass is 10.1. The molecule has 0 aliphatic heterocycles. The molecule has 0 spiro atoms. The van der Waals surface area contributed by atoms with Gasteiger partial charge in [-0.2, -0.15) is 26.3 Å². The number of carbonyl (C=O) groups excluding carboxylic acids is 2. The molecular weight excluding hydrogens is 697 g/mol. The van der Waals surface area contributed by atoms with E-state index in [4.69, 9.17) is 45.9 Å². The van der Waals surface area contributed by atoms with Crippen LogP contribution in [-0.4, -0.2) is 85.9 Å². The molecule has 264 valence electrons. The second kappa shape index (κ2) is 16.5. The monoisotopic (exact) mass is 720 g/mol. The molecule has 1 aliphatic rings. The fourth-order valence-electron chi connectivity index (χ4n) is 3.02. The van der Waals surface area contributed by atoms with Crippen LogP contribution in [0.3, 0.4) is 0 Å². The molecule has 0 radical (unpaired) electrons. The van der Waals surface area contributed by atoms with Gasteiger partial charge in [0, 0.05) is 17.0 Å². The van der Waals surface area contributed by atoms with Gasteiger partial charge in [0.15, 0.2) is 11.6 Å². The van der Waals surface area contributed by atoms with Crippen LogP contribution in [0.1, 0.15) is 39.4 Å². The molecule has 0 bridgehead atoms. The average Bonchev–Trinajstić information content (AvgIpc) is 3.60. The molecule has 0 unspecified atom stereocenters. The average molecular weight is 721 g/mol. The summed E-state index contributed by atoms with van der Waals surface area (Å²) in [5.74, 6) is -11.2. The fraction of sp³-hybridized carbons (Fsp3) is 0.320. The molecule has 3 rings (SSSR count). The van der Waals surface area contributed by atoms with Gasteiger partial charge in [0.05, 0.1) is 12.0 Å². The van der Waals surface area contributed by atoms with Gasteiger partial charge >= 0.3 is 42.2 Å². The third-order valence-corrected chi connectivity index (χ3v) is 6.63. The summed E-state index contributed by atoms with van der Waals surface area (Å²) in [6.45, 7) is 0.184. The Balaban J connectivity index is 0.000000687. The predicted octanol–water partition coefficient (Wildman–Crippen LogP) is 2.32. The molecule has 1 aromatic carbocycles. The Morgan fingerprint density at radius 3 is 1.85 bits per heavy atom. The minimum absolute atomic E-state index is 0.150. The second-order valence-corrected chi connectivity index (χ2v) is 10.4. The lowest BCUT2D eigenvalue weighted by molar-refractivity contribution is -0.193. The molecule has 48 heavy (non-hydrogen) atoms. The molecule has 2 aromatic rings. The highest BCUT2D eigenvalue weighted by atomic mass is 32.1. The van der Waals surface area contributed by atoms with Crippen molar-refractivity contribution in [3.8, 4) is 5.75 Å². The van der Waals surface area contributed by atoms with Crippen molar-refractivity contribution in [1.82, 2.24) is 10.6 Å². The molecule has 1 saturated carbocycles. The van der Waals surface area contributed by atoms with E-state index in [2.05, 4.69) is 10.6 Å². The van der Waals surface area contributed by atoms with E-state index in [-0.39, 0.29) is 28.6 Å². The van der Waals surface area contributed by atoms with Crippen LogP contribution in [0, 0.1) is 11.2 Å². The molecular formula is C25H23F7N4O11S. The number of alkyl halides is 6. The van der Waals surface area contributed by atoms with E-state index in [1.54, 1.807) is 6.07 Å².